The first-order valence-corrected chi connectivity index (χ1v) is 9.34. The van der Waals surface area contributed by atoms with Gasteiger partial charge < -0.3 is 24.3 Å². The maximum Gasteiger partial charge on any atom is 0.387 e. The molecule has 2 aromatic rings. The van der Waals surface area contributed by atoms with Crippen molar-refractivity contribution in [3.63, 3.8) is 0 Å². The molecule has 1 saturated heterocycles. The number of carbonyl (C=O) groups excluding carboxylic acids is 1. The summed E-state index contributed by atoms with van der Waals surface area (Å²) in [4.78, 5) is 12.6. The molecule has 2 aromatic carbocycles. The fourth-order valence-electron chi connectivity index (χ4n) is 3.02. The van der Waals surface area contributed by atoms with Crippen molar-refractivity contribution in [2.45, 2.75) is 32.0 Å². The summed E-state index contributed by atoms with van der Waals surface area (Å²) in [6.45, 7) is -1.91. The highest BCUT2D eigenvalue weighted by molar-refractivity contribution is 6.05. The number of hydrogen-bond acceptors (Lipinski definition) is 5. The van der Waals surface area contributed by atoms with Gasteiger partial charge in [-0.15, -0.1) is 0 Å². The Morgan fingerprint density at radius 1 is 1.17 bits per heavy atom. The normalized spacial score (nSPS) is 16.3. The number of halogens is 2. The molecule has 1 fully saturated rings. The van der Waals surface area contributed by atoms with Gasteiger partial charge in [0.2, 0.25) is 0 Å². The number of rotatable bonds is 8. The van der Waals surface area contributed by atoms with Gasteiger partial charge in [0, 0.05) is 12.2 Å². The van der Waals surface area contributed by atoms with Crippen LogP contribution in [0.4, 0.5) is 14.5 Å². The minimum absolute atomic E-state index is 0.0307. The van der Waals surface area contributed by atoms with Crippen LogP contribution in [0.5, 0.6) is 17.2 Å². The number of amides is 1. The van der Waals surface area contributed by atoms with Crippen LogP contribution in [0.15, 0.2) is 42.5 Å². The van der Waals surface area contributed by atoms with Crippen molar-refractivity contribution < 1.29 is 32.5 Å². The molecule has 0 aromatic heterocycles. The largest absolute Gasteiger partial charge is 0.493 e. The summed E-state index contributed by atoms with van der Waals surface area (Å²) >= 11 is 0. The van der Waals surface area contributed by atoms with Gasteiger partial charge in [0.1, 0.15) is 12.4 Å². The number of methoxy groups -OCH3 is 1. The number of alkyl halides is 2. The first-order valence-electron chi connectivity index (χ1n) is 9.34. The van der Waals surface area contributed by atoms with E-state index in [1.807, 2.05) is 0 Å². The number of benzene rings is 2. The van der Waals surface area contributed by atoms with Crippen molar-refractivity contribution in [3.05, 3.63) is 48.0 Å². The van der Waals surface area contributed by atoms with Crippen molar-refractivity contribution in [3.8, 4) is 17.2 Å². The molecular weight excluding hydrogens is 384 g/mol. The van der Waals surface area contributed by atoms with E-state index in [1.165, 1.54) is 25.3 Å². The molecule has 29 heavy (non-hydrogen) atoms. The first kappa shape index (κ1) is 20.9. The lowest BCUT2D eigenvalue weighted by Gasteiger charge is -2.23. The van der Waals surface area contributed by atoms with E-state index in [-0.39, 0.29) is 23.2 Å². The first-order chi connectivity index (χ1) is 14.1. The number of hydrogen-bond donors (Lipinski definition) is 1. The summed E-state index contributed by atoms with van der Waals surface area (Å²) in [5, 5.41) is 2.74. The average Bonchev–Trinajstić information content (AvgIpc) is 2.73. The van der Waals surface area contributed by atoms with Gasteiger partial charge in [-0.3, -0.25) is 4.79 Å². The standard InChI is InChI=1S/C21H23F2NO5/c1-26-18-10-9-14(12-19(18)29-21(22)23)20(25)24-16-7-2-3-8-17(16)28-13-15-6-4-5-11-27-15/h2-3,7-10,12,15,21H,4-6,11,13H2,1H3,(H,24,25). The molecule has 8 heteroatoms. The molecule has 3 rings (SSSR count). The zero-order valence-electron chi connectivity index (χ0n) is 16.0. The summed E-state index contributed by atoms with van der Waals surface area (Å²) < 4.78 is 46.1. The van der Waals surface area contributed by atoms with Gasteiger partial charge in [0.25, 0.3) is 5.91 Å². The Bertz CT molecular complexity index is 824. The third kappa shape index (κ3) is 5.80. The number of nitrogens with one attached hydrogen (secondary N) is 1. The topological polar surface area (TPSA) is 66.0 Å². The maximum absolute atomic E-state index is 12.6. The van der Waals surface area contributed by atoms with Gasteiger partial charge in [0.15, 0.2) is 11.5 Å². The van der Waals surface area contributed by atoms with Crippen LogP contribution >= 0.6 is 0 Å². The number of anilines is 1. The zero-order chi connectivity index (χ0) is 20.6. The van der Waals surface area contributed by atoms with E-state index in [2.05, 4.69) is 10.1 Å². The molecule has 1 aliphatic heterocycles. The monoisotopic (exact) mass is 407 g/mol. The fraction of sp³-hybridized carbons (Fsp3) is 0.381. The second-order valence-corrected chi connectivity index (χ2v) is 6.49. The van der Waals surface area contributed by atoms with E-state index < -0.39 is 12.5 Å². The van der Waals surface area contributed by atoms with Crippen LogP contribution in [-0.2, 0) is 4.74 Å². The Morgan fingerprint density at radius 2 is 2.00 bits per heavy atom. The number of ether oxygens (including phenoxy) is 4. The zero-order valence-corrected chi connectivity index (χ0v) is 16.0. The summed E-state index contributed by atoms with van der Waals surface area (Å²) in [7, 11) is 1.33. The molecule has 1 amide bonds. The number of para-hydroxylation sites is 2. The summed E-state index contributed by atoms with van der Waals surface area (Å²) in [6.07, 6.45) is 3.13. The molecule has 1 aliphatic rings. The molecule has 156 valence electrons. The van der Waals surface area contributed by atoms with Gasteiger partial charge in [0.05, 0.1) is 18.9 Å². The highest BCUT2D eigenvalue weighted by atomic mass is 19.3. The Labute approximate surface area is 167 Å². The Morgan fingerprint density at radius 3 is 2.72 bits per heavy atom. The van der Waals surface area contributed by atoms with Crippen molar-refractivity contribution in [1.82, 2.24) is 0 Å². The molecule has 6 nitrogen and oxygen atoms in total. The molecule has 1 heterocycles. The Balaban J connectivity index is 1.70. The van der Waals surface area contributed by atoms with E-state index in [1.54, 1.807) is 24.3 Å². The second-order valence-electron chi connectivity index (χ2n) is 6.49. The van der Waals surface area contributed by atoms with Gasteiger partial charge >= 0.3 is 6.61 Å². The Hall–Kier alpha value is -2.87. The lowest BCUT2D eigenvalue weighted by Crippen LogP contribution is -2.26. The van der Waals surface area contributed by atoms with E-state index in [4.69, 9.17) is 14.2 Å². The van der Waals surface area contributed by atoms with Crippen LogP contribution in [0, 0.1) is 0 Å². The van der Waals surface area contributed by atoms with Crippen molar-refractivity contribution in [2.24, 2.45) is 0 Å². The van der Waals surface area contributed by atoms with E-state index in [0.29, 0.717) is 18.0 Å². The van der Waals surface area contributed by atoms with Crippen LogP contribution in [0.25, 0.3) is 0 Å². The van der Waals surface area contributed by atoms with Crippen LogP contribution < -0.4 is 19.5 Å². The SMILES string of the molecule is COc1ccc(C(=O)Nc2ccccc2OCC2CCCCO2)cc1OC(F)F. The van der Waals surface area contributed by atoms with Gasteiger partial charge in [-0.1, -0.05) is 12.1 Å². The predicted octanol–water partition coefficient (Wildman–Crippen LogP) is 4.50. The smallest absolute Gasteiger partial charge is 0.387 e. The van der Waals surface area contributed by atoms with E-state index in [9.17, 15) is 13.6 Å². The third-order valence-electron chi connectivity index (χ3n) is 4.48. The van der Waals surface area contributed by atoms with Crippen LogP contribution in [-0.4, -0.2) is 38.9 Å². The minimum Gasteiger partial charge on any atom is -0.493 e. The highest BCUT2D eigenvalue weighted by Crippen LogP contribution is 2.31. The average molecular weight is 407 g/mol. The fourth-order valence-corrected chi connectivity index (χ4v) is 3.02. The third-order valence-corrected chi connectivity index (χ3v) is 4.48. The molecule has 0 bridgehead atoms. The Kier molecular flexibility index (Phi) is 7.24. The molecule has 1 N–H and O–H groups in total. The second kappa shape index (κ2) is 10.1. The maximum atomic E-state index is 12.6. The highest BCUT2D eigenvalue weighted by Gasteiger charge is 2.18. The van der Waals surface area contributed by atoms with Crippen molar-refractivity contribution in [1.29, 1.82) is 0 Å². The number of carbonyl (C=O) groups is 1. The summed E-state index contributed by atoms with van der Waals surface area (Å²) in [5.41, 5.74) is 0.618. The minimum atomic E-state index is -3.03. The lowest BCUT2D eigenvalue weighted by atomic mass is 10.1. The van der Waals surface area contributed by atoms with Crippen LogP contribution in [0.1, 0.15) is 29.6 Å². The summed E-state index contributed by atoms with van der Waals surface area (Å²) in [5.74, 6) is -0.0866. The molecule has 0 aliphatic carbocycles. The van der Waals surface area contributed by atoms with Crippen LogP contribution in [0.3, 0.4) is 0 Å². The van der Waals surface area contributed by atoms with Crippen LogP contribution in [0.2, 0.25) is 0 Å². The van der Waals surface area contributed by atoms with Gasteiger partial charge in [-0.05, 0) is 49.6 Å². The summed E-state index contributed by atoms with van der Waals surface area (Å²) in [6, 6.07) is 11.1. The van der Waals surface area contributed by atoms with Gasteiger partial charge in [-0.25, -0.2) is 0 Å². The quantitative estimate of drug-likeness (QED) is 0.698. The van der Waals surface area contributed by atoms with Crippen molar-refractivity contribution >= 4 is 11.6 Å². The van der Waals surface area contributed by atoms with E-state index >= 15 is 0 Å². The van der Waals surface area contributed by atoms with E-state index in [0.717, 1.165) is 25.9 Å². The molecule has 0 radical (unpaired) electrons. The van der Waals surface area contributed by atoms with Crippen molar-refractivity contribution in [2.75, 3.05) is 25.6 Å². The molecule has 0 spiro atoms. The molecule has 0 saturated carbocycles. The predicted molar refractivity (Wildman–Crippen MR) is 103 cm³/mol. The molecular formula is C21H23F2NO5. The molecule has 1 unspecified atom stereocenters. The van der Waals surface area contributed by atoms with Gasteiger partial charge in [-0.2, -0.15) is 8.78 Å². The molecule has 1 atom stereocenters. The lowest BCUT2D eigenvalue weighted by molar-refractivity contribution is -0.0512.